The minimum Gasteiger partial charge on any atom is -0.367 e. The summed E-state index contributed by atoms with van der Waals surface area (Å²) < 4.78 is 0. The average molecular weight is 327 g/mol. The Labute approximate surface area is 140 Å². The first-order chi connectivity index (χ1) is 11.0. The van der Waals surface area contributed by atoms with E-state index in [4.69, 9.17) is 11.6 Å². The molecule has 2 N–H and O–H groups in total. The summed E-state index contributed by atoms with van der Waals surface area (Å²) in [4.78, 5) is 9.23. The Morgan fingerprint density at radius 3 is 2.57 bits per heavy atom. The highest BCUT2D eigenvalue weighted by atomic mass is 35.5. The molecule has 0 spiro atoms. The van der Waals surface area contributed by atoms with Crippen molar-refractivity contribution in [3.05, 3.63) is 53.1 Å². The van der Waals surface area contributed by atoms with Crippen LogP contribution in [0.2, 0.25) is 5.02 Å². The Kier molecular flexibility index (Phi) is 4.35. The predicted octanol–water partition coefficient (Wildman–Crippen LogP) is 5.16. The number of benzene rings is 2. The molecule has 0 saturated carbocycles. The molecular weight excluding hydrogens is 308 g/mol. The van der Waals surface area contributed by atoms with Crippen LogP contribution in [0.5, 0.6) is 0 Å². The summed E-state index contributed by atoms with van der Waals surface area (Å²) in [5.41, 5.74) is 2.78. The average Bonchev–Trinajstić information content (AvgIpc) is 2.51. The lowest BCUT2D eigenvalue weighted by molar-refractivity contribution is 0.891. The van der Waals surface area contributed by atoms with Crippen molar-refractivity contribution < 1.29 is 0 Å². The number of aromatic nitrogens is 2. The molecule has 4 nitrogen and oxygen atoms in total. The number of nitrogens with zero attached hydrogens (tertiary/aromatic N) is 2. The third-order valence-electron chi connectivity index (χ3n) is 3.54. The van der Waals surface area contributed by atoms with Crippen LogP contribution in [0.15, 0.2) is 42.5 Å². The SMILES string of the molecule is Cc1c(Cl)cccc1Nc1nc(NC(C)C)c2ccccc2n1. The molecule has 0 unspecified atom stereocenters. The molecule has 0 aliphatic carbocycles. The number of halogens is 1. The van der Waals surface area contributed by atoms with Crippen LogP contribution in [0.3, 0.4) is 0 Å². The highest BCUT2D eigenvalue weighted by Gasteiger charge is 2.10. The van der Waals surface area contributed by atoms with Crippen molar-refractivity contribution in [2.75, 3.05) is 10.6 Å². The van der Waals surface area contributed by atoms with E-state index in [2.05, 4.69) is 34.4 Å². The van der Waals surface area contributed by atoms with Crippen molar-refractivity contribution >= 4 is 40.0 Å². The van der Waals surface area contributed by atoms with Crippen LogP contribution in [0.1, 0.15) is 19.4 Å². The fourth-order valence-electron chi connectivity index (χ4n) is 2.38. The summed E-state index contributed by atoms with van der Waals surface area (Å²) >= 11 is 6.18. The van der Waals surface area contributed by atoms with Crippen LogP contribution in [-0.2, 0) is 0 Å². The maximum atomic E-state index is 6.18. The van der Waals surface area contributed by atoms with Crippen LogP contribution < -0.4 is 10.6 Å². The van der Waals surface area contributed by atoms with Gasteiger partial charge in [0.25, 0.3) is 0 Å². The first-order valence-corrected chi connectivity index (χ1v) is 7.98. The molecule has 5 heteroatoms. The van der Waals surface area contributed by atoms with Crippen molar-refractivity contribution in [2.24, 2.45) is 0 Å². The second kappa shape index (κ2) is 6.42. The zero-order valence-electron chi connectivity index (χ0n) is 13.4. The van der Waals surface area contributed by atoms with Gasteiger partial charge in [0.1, 0.15) is 5.82 Å². The molecule has 0 bridgehead atoms. The van der Waals surface area contributed by atoms with E-state index in [1.165, 1.54) is 0 Å². The van der Waals surface area contributed by atoms with Crippen LogP contribution in [0.25, 0.3) is 10.9 Å². The second-order valence-corrected chi connectivity index (χ2v) is 6.16. The Morgan fingerprint density at radius 1 is 1.00 bits per heavy atom. The molecule has 0 saturated heterocycles. The smallest absolute Gasteiger partial charge is 0.229 e. The van der Waals surface area contributed by atoms with E-state index in [0.29, 0.717) is 5.95 Å². The third kappa shape index (κ3) is 3.37. The molecule has 23 heavy (non-hydrogen) atoms. The fraction of sp³-hybridized carbons (Fsp3) is 0.222. The molecule has 0 radical (unpaired) electrons. The number of fused-ring (bicyclic) bond motifs is 1. The van der Waals surface area contributed by atoms with Crippen molar-refractivity contribution in [3.8, 4) is 0 Å². The van der Waals surface area contributed by atoms with Crippen molar-refractivity contribution in [1.82, 2.24) is 9.97 Å². The van der Waals surface area contributed by atoms with E-state index in [-0.39, 0.29) is 6.04 Å². The maximum absolute atomic E-state index is 6.18. The van der Waals surface area contributed by atoms with Gasteiger partial charge in [-0.3, -0.25) is 0 Å². The zero-order valence-corrected chi connectivity index (χ0v) is 14.1. The zero-order chi connectivity index (χ0) is 16.4. The Hall–Kier alpha value is -2.33. The van der Waals surface area contributed by atoms with Crippen molar-refractivity contribution in [3.63, 3.8) is 0 Å². The number of rotatable bonds is 4. The maximum Gasteiger partial charge on any atom is 0.229 e. The van der Waals surface area contributed by atoms with E-state index in [1.807, 2.05) is 49.4 Å². The summed E-state index contributed by atoms with van der Waals surface area (Å²) in [6.07, 6.45) is 0. The van der Waals surface area contributed by atoms with E-state index in [0.717, 1.165) is 33.0 Å². The number of para-hydroxylation sites is 1. The lowest BCUT2D eigenvalue weighted by Gasteiger charge is -2.15. The normalized spacial score (nSPS) is 11.0. The molecule has 0 amide bonds. The molecule has 118 valence electrons. The predicted molar refractivity (Wildman–Crippen MR) is 97.8 cm³/mol. The monoisotopic (exact) mass is 326 g/mol. The standard InChI is InChI=1S/C18H19ClN4/c1-11(2)20-17-13-7-4-5-9-16(13)22-18(23-17)21-15-10-6-8-14(19)12(15)3/h4-11H,1-3H3,(H2,20,21,22,23). The Morgan fingerprint density at radius 2 is 1.78 bits per heavy atom. The molecule has 1 heterocycles. The van der Waals surface area contributed by atoms with Gasteiger partial charge in [-0.15, -0.1) is 0 Å². The van der Waals surface area contributed by atoms with Gasteiger partial charge in [0.05, 0.1) is 5.52 Å². The third-order valence-corrected chi connectivity index (χ3v) is 3.95. The second-order valence-electron chi connectivity index (χ2n) is 5.75. The molecule has 3 rings (SSSR count). The fourth-order valence-corrected chi connectivity index (χ4v) is 2.55. The summed E-state index contributed by atoms with van der Waals surface area (Å²) in [5.74, 6) is 1.38. The molecule has 0 atom stereocenters. The lowest BCUT2D eigenvalue weighted by atomic mass is 10.2. The van der Waals surface area contributed by atoms with Gasteiger partial charge in [0.2, 0.25) is 5.95 Å². The van der Waals surface area contributed by atoms with Gasteiger partial charge in [-0.05, 0) is 50.6 Å². The minimum atomic E-state index is 0.286. The molecule has 1 aromatic heterocycles. The van der Waals surface area contributed by atoms with Gasteiger partial charge in [-0.25, -0.2) is 4.98 Å². The van der Waals surface area contributed by atoms with Crippen LogP contribution in [0.4, 0.5) is 17.5 Å². The highest BCUT2D eigenvalue weighted by Crippen LogP contribution is 2.27. The van der Waals surface area contributed by atoms with E-state index >= 15 is 0 Å². The molecular formula is C18H19ClN4. The first-order valence-electron chi connectivity index (χ1n) is 7.60. The molecule has 0 aliphatic heterocycles. The summed E-state index contributed by atoms with van der Waals surface area (Å²) in [6, 6.07) is 14.0. The van der Waals surface area contributed by atoms with Gasteiger partial charge in [-0.1, -0.05) is 29.8 Å². The summed E-state index contributed by atoms with van der Waals surface area (Å²) in [5, 5.41) is 8.38. The van der Waals surface area contributed by atoms with Crippen LogP contribution >= 0.6 is 11.6 Å². The quantitative estimate of drug-likeness (QED) is 0.695. The van der Waals surface area contributed by atoms with Crippen molar-refractivity contribution in [2.45, 2.75) is 26.8 Å². The minimum absolute atomic E-state index is 0.286. The van der Waals surface area contributed by atoms with Gasteiger partial charge in [0, 0.05) is 22.1 Å². The number of anilines is 3. The first kappa shape index (κ1) is 15.6. The van der Waals surface area contributed by atoms with Crippen LogP contribution in [0, 0.1) is 6.92 Å². The largest absolute Gasteiger partial charge is 0.367 e. The summed E-state index contributed by atoms with van der Waals surface area (Å²) in [7, 11) is 0. The highest BCUT2D eigenvalue weighted by molar-refractivity contribution is 6.31. The molecule has 3 aromatic rings. The number of hydrogen-bond donors (Lipinski definition) is 2. The number of hydrogen-bond acceptors (Lipinski definition) is 4. The van der Waals surface area contributed by atoms with Crippen LogP contribution in [-0.4, -0.2) is 16.0 Å². The van der Waals surface area contributed by atoms with E-state index in [1.54, 1.807) is 0 Å². The van der Waals surface area contributed by atoms with E-state index in [9.17, 15) is 0 Å². The van der Waals surface area contributed by atoms with Crippen molar-refractivity contribution in [1.29, 1.82) is 0 Å². The Bertz CT molecular complexity index is 846. The Balaban J connectivity index is 2.05. The molecule has 0 aliphatic rings. The molecule has 2 aromatic carbocycles. The van der Waals surface area contributed by atoms with Gasteiger partial charge in [0.15, 0.2) is 0 Å². The number of nitrogens with one attached hydrogen (secondary N) is 2. The summed E-state index contributed by atoms with van der Waals surface area (Å²) in [6.45, 7) is 6.15. The lowest BCUT2D eigenvalue weighted by Crippen LogP contribution is -2.12. The van der Waals surface area contributed by atoms with E-state index < -0.39 is 0 Å². The van der Waals surface area contributed by atoms with Gasteiger partial charge >= 0.3 is 0 Å². The topological polar surface area (TPSA) is 49.8 Å². The molecule has 0 fully saturated rings. The van der Waals surface area contributed by atoms with Gasteiger partial charge in [-0.2, -0.15) is 4.98 Å². The van der Waals surface area contributed by atoms with Gasteiger partial charge < -0.3 is 10.6 Å².